The molecule has 1 aromatic carbocycles. The van der Waals surface area contributed by atoms with E-state index < -0.39 is 0 Å². The molecule has 0 heterocycles. The molecule has 1 aromatic rings. The van der Waals surface area contributed by atoms with E-state index in [0.717, 1.165) is 10.2 Å². The lowest BCUT2D eigenvalue weighted by Gasteiger charge is -2.12. The highest BCUT2D eigenvalue weighted by Gasteiger charge is 2.28. The summed E-state index contributed by atoms with van der Waals surface area (Å²) in [6.07, 6.45) is 3.58. The zero-order valence-corrected chi connectivity index (χ0v) is 13.1. The SMILES string of the molecule is NC(CNC(=O)CCCOc1ccccc1Br)C1CC1. The van der Waals surface area contributed by atoms with E-state index in [1.54, 1.807) is 0 Å². The fourth-order valence-corrected chi connectivity index (χ4v) is 2.39. The molecule has 110 valence electrons. The summed E-state index contributed by atoms with van der Waals surface area (Å²) in [5, 5.41) is 2.89. The fraction of sp³-hybridized carbons (Fsp3) is 0.533. The van der Waals surface area contributed by atoms with Crippen LogP contribution in [0.4, 0.5) is 0 Å². The lowest BCUT2D eigenvalue weighted by Crippen LogP contribution is -2.38. The number of hydrogen-bond acceptors (Lipinski definition) is 3. The Labute approximate surface area is 128 Å². The first-order valence-corrected chi connectivity index (χ1v) is 7.85. The van der Waals surface area contributed by atoms with Crippen molar-refractivity contribution in [1.82, 2.24) is 5.32 Å². The molecule has 3 N–H and O–H groups in total. The Bertz CT molecular complexity index is 449. The van der Waals surface area contributed by atoms with E-state index in [0.29, 0.717) is 31.9 Å². The van der Waals surface area contributed by atoms with Gasteiger partial charge in [0.25, 0.3) is 0 Å². The highest BCUT2D eigenvalue weighted by atomic mass is 79.9. The number of rotatable bonds is 8. The monoisotopic (exact) mass is 340 g/mol. The van der Waals surface area contributed by atoms with Crippen LogP contribution in [0, 0.1) is 5.92 Å². The van der Waals surface area contributed by atoms with Crippen LogP contribution >= 0.6 is 15.9 Å². The van der Waals surface area contributed by atoms with Crippen molar-refractivity contribution in [2.45, 2.75) is 31.7 Å². The van der Waals surface area contributed by atoms with Gasteiger partial charge in [0.2, 0.25) is 5.91 Å². The van der Waals surface area contributed by atoms with E-state index in [4.69, 9.17) is 10.5 Å². The molecule has 1 amide bonds. The Morgan fingerprint density at radius 3 is 2.90 bits per heavy atom. The topological polar surface area (TPSA) is 64.3 Å². The first kappa shape index (κ1) is 15.3. The van der Waals surface area contributed by atoms with Crippen molar-refractivity contribution >= 4 is 21.8 Å². The zero-order chi connectivity index (χ0) is 14.4. The average molecular weight is 341 g/mol. The van der Waals surface area contributed by atoms with E-state index in [1.807, 2.05) is 24.3 Å². The third kappa shape index (κ3) is 5.13. The van der Waals surface area contributed by atoms with Crippen molar-refractivity contribution in [3.8, 4) is 5.75 Å². The van der Waals surface area contributed by atoms with Crippen LogP contribution < -0.4 is 15.8 Å². The first-order valence-electron chi connectivity index (χ1n) is 7.06. The Morgan fingerprint density at radius 1 is 1.45 bits per heavy atom. The van der Waals surface area contributed by atoms with Gasteiger partial charge in [-0.15, -0.1) is 0 Å². The van der Waals surface area contributed by atoms with Gasteiger partial charge in [0.15, 0.2) is 0 Å². The van der Waals surface area contributed by atoms with Crippen LogP contribution in [-0.2, 0) is 4.79 Å². The predicted octanol–water partition coefficient (Wildman–Crippen LogP) is 2.46. The molecule has 0 spiro atoms. The van der Waals surface area contributed by atoms with Crippen LogP contribution in [0.5, 0.6) is 5.75 Å². The van der Waals surface area contributed by atoms with Crippen LogP contribution in [0.1, 0.15) is 25.7 Å². The number of halogens is 1. The molecule has 1 atom stereocenters. The second-order valence-electron chi connectivity index (χ2n) is 5.19. The van der Waals surface area contributed by atoms with E-state index in [1.165, 1.54) is 12.8 Å². The molecule has 0 aliphatic heterocycles. The summed E-state index contributed by atoms with van der Waals surface area (Å²) < 4.78 is 6.54. The van der Waals surface area contributed by atoms with Crippen molar-refractivity contribution in [1.29, 1.82) is 0 Å². The van der Waals surface area contributed by atoms with Crippen molar-refractivity contribution in [2.75, 3.05) is 13.2 Å². The van der Waals surface area contributed by atoms with Crippen molar-refractivity contribution < 1.29 is 9.53 Å². The molecular formula is C15H21BrN2O2. The van der Waals surface area contributed by atoms with Gasteiger partial charge in [-0.3, -0.25) is 4.79 Å². The van der Waals surface area contributed by atoms with Crippen LogP contribution in [-0.4, -0.2) is 25.1 Å². The molecule has 0 radical (unpaired) electrons. The van der Waals surface area contributed by atoms with Gasteiger partial charge in [0.1, 0.15) is 5.75 Å². The molecular weight excluding hydrogens is 320 g/mol. The summed E-state index contributed by atoms with van der Waals surface area (Å²) in [4.78, 5) is 11.6. The van der Waals surface area contributed by atoms with Gasteiger partial charge in [0.05, 0.1) is 11.1 Å². The molecule has 2 rings (SSSR count). The Kier molecular flexibility index (Phi) is 5.86. The number of benzene rings is 1. The number of ether oxygens (including phenoxy) is 1. The largest absolute Gasteiger partial charge is 0.492 e. The number of nitrogens with two attached hydrogens (primary N) is 1. The van der Waals surface area contributed by atoms with Gasteiger partial charge in [-0.2, -0.15) is 0 Å². The number of amides is 1. The standard InChI is InChI=1S/C15H21BrN2O2/c16-12-4-1-2-5-14(12)20-9-3-6-15(19)18-10-13(17)11-7-8-11/h1-2,4-5,11,13H,3,6-10,17H2,(H,18,19). The van der Waals surface area contributed by atoms with Gasteiger partial charge in [0, 0.05) is 19.0 Å². The Morgan fingerprint density at radius 2 is 2.20 bits per heavy atom. The lowest BCUT2D eigenvalue weighted by atomic mass is 10.2. The smallest absolute Gasteiger partial charge is 0.220 e. The Balaban J connectivity index is 1.56. The van der Waals surface area contributed by atoms with Crippen LogP contribution in [0.3, 0.4) is 0 Å². The average Bonchev–Trinajstić information content (AvgIpc) is 3.27. The minimum absolute atomic E-state index is 0.0526. The summed E-state index contributed by atoms with van der Waals surface area (Å²) in [5.74, 6) is 1.48. The summed E-state index contributed by atoms with van der Waals surface area (Å²) in [7, 11) is 0. The first-order chi connectivity index (χ1) is 9.66. The van der Waals surface area contributed by atoms with Gasteiger partial charge >= 0.3 is 0 Å². The number of para-hydroxylation sites is 1. The Hall–Kier alpha value is -1.07. The molecule has 0 bridgehead atoms. The molecule has 1 fully saturated rings. The van der Waals surface area contributed by atoms with Crippen LogP contribution in [0.15, 0.2) is 28.7 Å². The summed E-state index contributed by atoms with van der Waals surface area (Å²) in [6, 6.07) is 7.81. The summed E-state index contributed by atoms with van der Waals surface area (Å²) in [6.45, 7) is 1.12. The predicted molar refractivity (Wildman–Crippen MR) is 82.6 cm³/mol. The third-order valence-corrected chi connectivity index (χ3v) is 4.06. The minimum Gasteiger partial charge on any atom is -0.492 e. The molecule has 1 aliphatic rings. The highest BCUT2D eigenvalue weighted by Crippen LogP contribution is 2.31. The van der Waals surface area contributed by atoms with Crippen molar-refractivity contribution in [2.24, 2.45) is 11.7 Å². The van der Waals surface area contributed by atoms with Gasteiger partial charge in [-0.05, 0) is 53.2 Å². The third-order valence-electron chi connectivity index (χ3n) is 3.40. The molecule has 1 unspecified atom stereocenters. The van der Waals surface area contributed by atoms with Crippen LogP contribution in [0.25, 0.3) is 0 Å². The molecule has 1 aliphatic carbocycles. The number of carbonyl (C=O) groups excluding carboxylic acids is 1. The quantitative estimate of drug-likeness (QED) is 0.714. The van der Waals surface area contributed by atoms with Crippen LogP contribution in [0.2, 0.25) is 0 Å². The summed E-state index contributed by atoms with van der Waals surface area (Å²) >= 11 is 3.42. The van der Waals surface area contributed by atoms with E-state index >= 15 is 0 Å². The maximum Gasteiger partial charge on any atom is 0.220 e. The maximum absolute atomic E-state index is 11.6. The van der Waals surface area contributed by atoms with Crippen molar-refractivity contribution in [3.05, 3.63) is 28.7 Å². The molecule has 1 saturated carbocycles. The molecule has 20 heavy (non-hydrogen) atoms. The second-order valence-corrected chi connectivity index (χ2v) is 6.04. The van der Waals surface area contributed by atoms with Crippen molar-refractivity contribution in [3.63, 3.8) is 0 Å². The fourth-order valence-electron chi connectivity index (χ4n) is 1.99. The number of nitrogens with one attached hydrogen (secondary N) is 1. The van der Waals surface area contributed by atoms with E-state index in [-0.39, 0.29) is 11.9 Å². The summed E-state index contributed by atoms with van der Waals surface area (Å²) in [5.41, 5.74) is 5.93. The van der Waals surface area contributed by atoms with E-state index in [2.05, 4.69) is 21.2 Å². The second kappa shape index (κ2) is 7.64. The zero-order valence-electron chi connectivity index (χ0n) is 11.5. The molecule has 0 aromatic heterocycles. The molecule has 4 nitrogen and oxygen atoms in total. The lowest BCUT2D eigenvalue weighted by molar-refractivity contribution is -0.121. The molecule has 5 heteroatoms. The number of hydrogen-bond donors (Lipinski definition) is 2. The van der Waals surface area contributed by atoms with Gasteiger partial charge in [-0.25, -0.2) is 0 Å². The van der Waals surface area contributed by atoms with Gasteiger partial charge in [-0.1, -0.05) is 12.1 Å². The molecule has 0 saturated heterocycles. The van der Waals surface area contributed by atoms with E-state index in [9.17, 15) is 4.79 Å². The minimum atomic E-state index is 0.0526. The normalized spacial score (nSPS) is 15.7. The van der Waals surface area contributed by atoms with Gasteiger partial charge < -0.3 is 15.8 Å². The maximum atomic E-state index is 11.6. The highest BCUT2D eigenvalue weighted by molar-refractivity contribution is 9.10. The number of carbonyl (C=O) groups is 1.